The second-order valence-corrected chi connectivity index (χ2v) is 7.79. The predicted octanol–water partition coefficient (Wildman–Crippen LogP) is 4.35. The molecule has 0 aliphatic carbocycles. The van der Waals surface area contributed by atoms with Gasteiger partial charge >= 0.3 is 0 Å². The molecule has 0 radical (unpaired) electrons. The Morgan fingerprint density at radius 3 is 2.52 bits per heavy atom. The lowest BCUT2D eigenvalue weighted by Crippen LogP contribution is -2.57. The van der Waals surface area contributed by atoms with Crippen molar-refractivity contribution >= 4 is 52.2 Å². The number of benzene rings is 2. The van der Waals surface area contributed by atoms with Crippen LogP contribution < -0.4 is 10.7 Å². The van der Waals surface area contributed by atoms with E-state index in [1.807, 2.05) is 0 Å². The van der Waals surface area contributed by atoms with E-state index < -0.39 is 11.4 Å². The minimum atomic E-state index is -1.71. The molecule has 0 saturated heterocycles. The van der Waals surface area contributed by atoms with E-state index in [-0.39, 0.29) is 22.2 Å². The van der Waals surface area contributed by atoms with Gasteiger partial charge in [0.1, 0.15) is 0 Å². The molecule has 1 unspecified atom stereocenters. The average Bonchev–Trinajstić information content (AvgIpc) is 3.24. The van der Waals surface area contributed by atoms with E-state index in [1.54, 1.807) is 49.5 Å². The Bertz CT molecular complexity index is 1120. The molecule has 1 aliphatic heterocycles. The molecule has 0 fully saturated rings. The number of fused-ring (bicyclic) bond motifs is 1. The first-order valence-electron chi connectivity index (χ1n) is 8.70. The van der Waals surface area contributed by atoms with Gasteiger partial charge in [-0.3, -0.25) is 9.59 Å². The minimum absolute atomic E-state index is 0.0355. The molecule has 3 aromatic rings. The molecule has 1 aromatic heterocycles. The number of amides is 1. The Balaban J connectivity index is 1.91. The van der Waals surface area contributed by atoms with Gasteiger partial charge < -0.3 is 5.32 Å². The number of hydrogen-bond donors (Lipinski definition) is 2. The highest BCUT2D eigenvalue weighted by Gasteiger charge is 2.51. The van der Waals surface area contributed by atoms with Gasteiger partial charge in [0.05, 0.1) is 27.0 Å². The normalized spacial score (nSPS) is 18.1. The summed E-state index contributed by atoms with van der Waals surface area (Å²) in [6.45, 7) is 1.76. The van der Waals surface area contributed by atoms with Gasteiger partial charge in [0.15, 0.2) is 5.78 Å². The number of ketones is 1. The van der Waals surface area contributed by atoms with Crippen molar-refractivity contribution in [1.82, 2.24) is 9.89 Å². The summed E-state index contributed by atoms with van der Waals surface area (Å²) >= 11 is 19.0. The number of carbonyl (C=O) groups is 2. The number of aromatic nitrogens is 2. The van der Waals surface area contributed by atoms with Crippen molar-refractivity contribution in [3.05, 3.63) is 80.6 Å². The first kappa shape index (κ1) is 19.8. The van der Waals surface area contributed by atoms with Gasteiger partial charge in [0, 0.05) is 12.6 Å². The molecule has 148 valence electrons. The fourth-order valence-electron chi connectivity index (χ4n) is 3.48. The first-order chi connectivity index (χ1) is 13.9. The van der Waals surface area contributed by atoms with Crippen molar-refractivity contribution in [2.45, 2.75) is 18.9 Å². The van der Waals surface area contributed by atoms with Crippen molar-refractivity contribution in [2.24, 2.45) is 0 Å². The van der Waals surface area contributed by atoms with Gasteiger partial charge in [-0.2, -0.15) is 9.89 Å². The molecule has 2 heterocycles. The maximum absolute atomic E-state index is 13.4. The Kier molecular flexibility index (Phi) is 5.02. The van der Waals surface area contributed by atoms with Crippen LogP contribution in [0.5, 0.6) is 0 Å². The lowest BCUT2D eigenvalue weighted by molar-refractivity contribution is -0.132. The fourth-order valence-corrected chi connectivity index (χ4v) is 4.23. The van der Waals surface area contributed by atoms with E-state index in [0.717, 1.165) is 0 Å². The van der Waals surface area contributed by atoms with Crippen LogP contribution in [-0.2, 0) is 21.5 Å². The van der Waals surface area contributed by atoms with Crippen LogP contribution in [0.25, 0.3) is 0 Å². The number of carbonyl (C=O) groups excluding carboxylic acids is 2. The van der Waals surface area contributed by atoms with Crippen LogP contribution in [-0.4, -0.2) is 21.6 Å². The number of anilines is 1. The van der Waals surface area contributed by atoms with Crippen molar-refractivity contribution in [3.63, 3.8) is 0 Å². The molecule has 2 N–H and O–H groups in total. The molecule has 0 bridgehead atoms. The highest BCUT2D eigenvalue weighted by Crippen LogP contribution is 2.47. The van der Waals surface area contributed by atoms with E-state index >= 15 is 0 Å². The van der Waals surface area contributed by atoms with Crippen LogP contribution in [0, 0.1) is 6.92 Å². The van der Waals surface area contributed by atoms with Crippen molar-refractivity contribution in [1.29, 1.82) is 0 Å². The molecule has 1 aliphatic rings. The van der Waals surface area contributed by atoms with Crippen LogP contribution in [0.1, 0.15) is 16.7 Å². The molecule has 1 amide bonds. The third-order valence-corrected chi connectivity index (χ3v) is 6.45. The summed E-state index contributed by atoms with van der Waals surface area (Å²) < 4.78 is 0. The number of hydrogen-bond acceptors (Lipinski definition) is 4. The van der Waals surface area contributed by atoms with Gasteiger partial charge in [-0.25, -0.2) is 5.43 Å². The van der Waals surface area contributed by atoms with Crippen molar-refractivity contribution in [3.8, 4) is 0 Å². The molecule has 29 heavy (non-hydrogen) atoms. The van der Waals surface area contributed by atoms with E-state index in [0.29, 0.717) is 27.4 Å². The number of nitrogens with zero attached hydrogens (tertiary/aromatic N) is 2. The van der Waals surface area contributed by atoms with Crippen LogP contribution in [0.4, 0.5) is 5.69 Å². The van der Waals surface area contributed by atoms with Crippen LogP contribution in [0.15, 0.2) is 48.8 Å². The molecule has 9 heteroatoms. The van der Waals surface area contributed by atoms with Gasteiger partial charge in [-0.05, 0) is 29.7 Å². The Labute approximate surface area is 181 Å². The van der Waals surface area contributed by atoms with E-state index in [9.17, 15) is 9.59 Å². The second-order valence-electron chi connectivity index (χ2n) is 6.65. The summed E-state index contributed by atoms with van der Waals surface area (Å²) in [7, 11) is 0. The van der Waals surface area contributed by atoms with Gasteiger partial charge in [0.2, 0.25) is 5.54 Å². The summed E-state index contributed by atoms with van der Waals surface area (Å²) in [5.41, 5.74) is 3.07. The largest absolute Gasteiger partial charge is 0.360 e. The smallest absolute Gasteiger partial charge is 0.278 e. The highest BCUT2D eigenvalue weighted by atomic mass is 35.5. The summed E-state index contributed by atoms with van der Waals surface area (Å²) in [5.74, 6) is -0.943. The van der Waals surface area contributed by atoms with Gasteiger partial charge in [-0.15, -0.1) is 0 Å². The Morgan fingerprint density at radius 1 is 1.14 bits per heavy atom. The molecule has 6 nitrogen and oxygen atoms in total. The standard InChI is InChI=1S/C20H15Cl3N4O2/c1-11-13-10-14(28)20(12-6-3-2-4-7-12,19(29)26-27-9-5-8-24-27)25-18(13)17(23)16(22)15(11)21/h2-9,25H,10H2,1H3,(H,26,29). The lowest BCUT2D eigenvalue weighted by atomic mass is 9.78. The minimum Gasteiger partial charge on any atom is -0.360 e. The molecule has 0 spiro atoms. The summed E-state index contributed by atoms with van der Waals surface area (Å²) in [6, 6.07) is 10.4. The van der Waals surface area contributed by atoms with Crippen LogP contribution in [0.3, 0.4) is 0 Å². The fraction of sp³-hybridized carbons (Fsp3) is 0.150. The van der Waals surface area contributed by atoms with E-state index in [2.05, 4.69) is 15.8 Å². The maximum atomic E-state index is 13.4. The Hall–Kier alpha value is -2.54. The number of nitrogens with one attached hydrogen (secondary N) is 2. The van der Waals surface area contributed by atoms with E-state index in [1.165, 1.54) is 11.0 Å². The highest BCUT2D eigenvalue weighted by molar-refractivity contribution is 6.50. The second kappa shape index (κ2) is 7.37. The Morgan fingerprint density at radius 2 is 1.86 bits per heavy atom. The SMILES string of the molecule is Cc1c(Cl)c(Cl)c(Cl)c2c1CC(=O)C(C(=O)Nn1cccn1)(c1ccccc1)N2. The number of rotatable bonds is 3. The van der Waals surface area contributed by atoms with Crippen LogP contribution in [0.2, 0.25) is 15.1 Å². The van der Waals surface area contributed by atoms with Gasteiger partial charge in [-0.1, -0.05) is 65.1 Å². The molecule has 0 saturated carbocycles. The molecule has 2 aromatic carbocycles. The van der Waals surface area contributed by atoms with E-state index in [4.69, 9.17) is 34.8 Å². The zero-order valence-electron chi connectivity index (χ0n) is 15.2. The topological polar surface area (TPSA) is 76.0 Å². The molecular formula is C20H15Cl3N4O2. The third kappa shape index (κ3) is 3.08. The summed E-state index contributed by atoms with van der Waals surface area (Å²) in [4.78, 5) is 28.1. The summed E-state index contributed by atoms with van der Waals surface area (Å²) in [5, 5.41) is 7.69. The third-order valence-electron chi connectivity index (χ3n) is 5.02. The average molecular weight is 450 g/mol. The number of Topliss-reactive ketones (excluding diaryl/α,β-unsaturated/α-hetero) is 1. The molecule has 1 atom stereocenters. The zero-order valence-corrected chi connectivity index (χ0v) is 17.4. The lowest BCUT2D eigenvalue weighted by Gasteiger charge is -2.38. The molecule has 4 rings (SSSR count). The first-order valence-corrected chi connectivity index (χ1v) is 9.83. The molecular weight excluding hydrogens is 435 g/mol. The van der Waals surface area contributed by atoms with Crippen molar-refractivity contribution < 1.29 is 9.59 Å². The van der Waals surface area contributed by atoms with Gasteiger partial charge in [0.25, 0.3) is 5.91 Å². The summed E-state index contributed by atoms with van der Waals surface area (Å²) in [6.07, 6.45) is 3.04. The quantitative estimate of drug-likeness (QED) is 0.460. The van der Waals surface area contributed by atoms with Crippen LogP contribution >= 0.6 is 34.8 Å². The monoisotopic (exact) mass is 448 g/mol. The maximum Gasteiger partial charge on any atom is 0.278 e. The van der Waals surface area contributed by atoms with Crippen molar-refractivity contribution in [2.75, 3.05) is 10.7 Å². The number of halogens is 3. The predicted molar refractivity (Wildman–Crippen MR) is 113 cm³/mol. The zero-order chi connectivity index (χ0) is 20.8.